The highest BCUT2D eigenvalue weighted by atomic mass is 28.4. The van der Waals surface area contributed by atoms with Gasteiger partial charge in [0.1, 0.15) is 11.7 Å². The zero-order valence-electron chi connectivity index (χ0n) is 22.8. The van der Waals surface area contributed by atoms with E-state index in [1.807, 2.05) is 55.5 Å². The van der Waals surface area contributed by atoms with E-state index in [1.54, 1.807) is 31.4 Å². The van der Waals surface area contributed by atoms with Gasteiger partial charge < -0.3 is 9.16 Å². The number of nitriles is 1. The number of carbonyl (C=O) groups excluding carboxylic acids is 2. The minimum Gasteiger partial charge on any atom is -0.494 e. The number of hydrogen-bond acceptors (Lipinski definition) is 5. The van der Waals surface area contributed by atoms with Crippen LogP contribution in [0.4, 0.5) is 0 Å². The van der Waals surface area contributed by atoms with E-state index in [4.69, 9.17) is 9.16 Å². The molecule has 0 aromatic heterocycles. The molecule has 0 spiro atoms. The Bertz CT molecular complexity index is 1240. The molecule has 0 radical (unpaired) electrons. The number of Topliss-reactive ketones (excluding diaryl/α,β-unsaturated/α-hetero) is 1. The number of ether oxygens (including phenoxy) is 1. The summed E-state index contributed by atoms with van der Waals surface area (Å²) in [6, 6.07) is 25.3. The average Bonchev–Trinajstić information content (AvgIpc) is 2.96. The number of benzene rings is 3. The van der Waals surface area contributed by atoms with E-state index in [0.717, 1.165) is 42.2 Å². The summed E-state index contributed by atoms with van der Waals surface area (Å²) in [5, 5.41) is 9.34. The van der Waals surface area contributed by atoms with Gasteiger partial charge in [0.25, 0.3) is 0 Å². The third-order valence-electron chi connectivity index (χ3n) is 6.83. The maximum absolute atomic E-state index is 13.0. The molecule has 3 aromatic carbocycles. The SMILES string of the molecule is CCCCC(C#N)C(=O)c1ccc(C(=O)c2ccc(-c3ccc(OCCC[Si](C)(C)OC)cc3)cc2)cc1. The molecule has 38 heavy (non-hydrogen) atoms. The standard InChI is InChI=1S/C32H37NO4Si/c1-5-6-8-29(23-33)32(35)28-15-13-27(14-16-28)31(34)26-11-9-24(10-12-26)25-17-19-30(20-18-25)37-21-7-22-38(3,4)36-2/h9-20,29H,5-8,21-22H2,1-4H3. The Morgan fingerprint density at radius 1 is 0.842 bits per heavy atom. The van der Waals surface area contributed by atoms with Crippen LogP contribution in [-0.4, -0.2) is 33.6 Å². The second-order valence-electron chi connectivity index (χ2n) is 10.1. The topological polar surface area (TPSA) is 76.4 Å². The van der Waals surface area contributed by atoms with Gasteiger partial charge in [-0.05, 0) is 55.2 Å². The highest BCUT2D eigenvalue weighted by Crippen LogP contribution is 2.24. The van der Waals surface area contributed by atoms with Crippen LogP contribution in [0.2, 0.25) is 19.1 Å². The van der Waals surface area contributed by atoms with Crippen LogP contribution in [0.5, 0.6) is 5.75 Å². The first kappa shape index (κ1) is 29.0. The molecule has 0 fully saturated rings. The maximum atomic E-state index is 13.0. The summed E-state index contributed by atoms with van der Waals surface area (Å²) in [5.41, 5.74) is 3.61. The lowest BCUT2D eigenvalue weighted by Gasteiger charge is -2.19. The first-order valence-corrected chi connectivity index (χ1v) is 16.4. The molecule has 0 saturated heterocycles. The molecule has 1 unspecified atom stereocenters. The van der Waals surface area contributed by atoms with Crippen molar-refractivity contribution < 1.29 is 18.8 Å². The number of hydrogen-bond donors (Lipinski definition) is 0. The van der Waals surface area contributed by atoms with E-state index >= 15 is 0 Å². The molecule has 3 rings (SSSR count). The van der Waals surface area contributed by atoms with Crippen molar-refractivity contribution in [2.24, 2.45) is 5.92 Å². The fraction of sp³-hybridized carbons (Fsp3) is 0.344. The van der Waals surface area contributed by atoms with Crippen LogP contribution >= 0.6 is 0 Å². The summed E-state index contributed by atoms with van der Waals surface area (Å²) in [4.78, 5) is 25.6. The van der Waals surface area contributed by atoms with Gasteiger partial charge in [-0.1, -0.05) is 80.4 Å². The van der Waals surface area contributed by atoms with Gasteiger partial charge in [-0.3, -0.25) is 9.59 Å². The maximum Gasteiger partial charge on any atom is 0.193 e. The number of ketones is 2. The van der Waals surface area contributed by atoms with Crippen molar-refractivity contribution >= 4 is 19.9 Å². The predicted octanol–water partition coefficient (Wildman–Crippen LogP) is 7.72. The molecular weight excluding hydrogens is 490 g/mol. The van der Waals surface area contributed by atoms with Crippen molar-refractivity contribution in [3.8, 4) is 22.9 Å². The predicted molar refractivity (Wildman–Crippen MR) is 154 cm³/mol. The molecule has 0 heterocycles. The lowest BCUT2D eigenvalue weighted by molar-refractivity contribution is 0.0941. The molecule has 0 aliphatic heterocycles. The van der Waals surface area contributed by atoms with Crippen molar-refractivity contribution in [3.05, 3.63) is 89.5 Å². The molecule has 0 amide bonds. The van der Waals surface area contributed by atoms with Crippen LogP contribution in [0, 0.1) is 17.2 Å². The van der Waals surface area contributed by atoms with E-state index < -0.39 is 14.2 Å². The Balaban J connectivity index is 1.59. The average molecular weight is 528 g/mol. The molecule has 198 valence electrons. The van der Waals surface area contributed by atoms with E-state index in [-0.39, 0.29) is 11.6 Å². The summed E-state index contributed by atoms with van der Waals surface area (Å²) in [7, 11) is 0.240. The largest absolute Gasteiger partial charge is 0.494 e. The molecule has 0 saturated carbocycles. The fourth-order valence-corrected chi connectivity index (χ4v) is 5.36. The molecule has 1 atom stereocenters. The van der Waals surface area contributed by atoms with Crippen molar-refractivity contribution in [1.29, 1.82) is 5.26 Å². The van der Waals surface area contributed by atoms with E-state index in [1.165, 1.54) is 0 Å². The Hall–Kier alpha value is -3.53. The van der Waals surface area contributed by atoms with E-state index in [0.29, 0.717) is 29.7 Å². The minimum atomic E-state index is -1.55. The summed E-state index contributed by atoms with van der Waals surface area (Å²) in [5.74, 6) is -0.0930. The number of carbonyl (C=O) groups is 2. The Labute approximate surface area is 227 Å². The van der Waals surface area contributed by atoms with Gasteiger partial charge in [0.2, 0.25) is 0 Å². The van der Waals surface area contributed by atoms with Gasteiger partial charge >= 0.3 is 0 Å². The lowest BCUT2D eigenvalue weighted by Crippen LogP contribution is -2.28. The zero-order chi connectivity index (χ0) is 27.5. The number of rotatable bonds is 14. The quantitative estimate of drug-likeness (QED) is 0.122. The van der Waals surface area contributed by atoms with Crippen molar-refractivity contribution in [1.82, 2.24) is 0 Å². The second-order valence-corrected chi connectivity index (χ2v) is 14.5. The Morgan fingerprint density at radius 3 is 1.89 bits per heavy atom. The number of nitrogens with zero attached hydrogens (tertiary/aromatic N) is 1. The van der Waals surface area contributed by atoms with Gasteiger partial charge in [0.05, 0.1) is 12.7 Å². The Kier molecular flexibility index (Phi) is 10.6. The molecule has 5 nitrogen and oxygen atoms in total. The zero-order valence-corrected chi connectivity index (χ0v) is 23.8. The smallest absolute Gasteiger partial charge is 0.193 e. The van der Waals surface area contributed by atoms with Crippen LogP contribution < -0.4 is 4.74 Å². The van der Waals surface area contributed by atoms with Crippen molar-refractivity contribution in [3.63, 3.8) is 0 Å². The van der Waals surface area contributed by atoms with Gasteiger partial charge in [0.15, 0.2) is 19.9 Å². The van der Waals surface area contributed by atoms with Crippen LogP contribution in [0.3, 0.4) is 0 Å². The monoisotopic (exact) mass is 527 g/mol. The van der Waals surface area contributed by atoms with Crippen LogP contribution in [0.15, 0.2) is 72.8 Å². The summed E-state index contributed by atoms with van der Waals surface area (Å²) >= 11 is 0. The van der Waals surface area contributed by atoms with Gasteiger partial charge in [0, 0.05) is 23.8 Å². The molecule has 0 aliphatic rings. The van der Waals surface area contributed by atoms with Crippen LogP contribution in [0.1, 0.15) is 58.9 Å². The summed E-state index contributed by atoms with van der Waals surface area (Å²) in [6.07, 6.45) is 3.31. The highest BCUT2D eigenvalue weighted by molar-refractivity contribution is 6.71. The normalized spacial score (nSPS) is 12.0. The molecule has 0 aliphatic carbocycles. The highest BCUT2D eigenvalue weighted by Gasteiger charge is 2.20. The minimum absolute atomic E-state index is 0.109. The van der Waals surface area contributed by atoms with Crippen LogP contribution in [0.25, 0.3) is 11.1 Å². The van der Waals surface area contributed by atoms with Crippen LogP contribution in [-0.2, 0) is 4.43 Å². The second kappa shape index (κ2) is 13.9. The molecule has 0 N–H and O–H groups in total. The molecule has 0 bridgehead atoms. The van der Waals surface area contributed by atoms with E-state index in [9.17, 15) is 14.9 Å². The first-order valence-electron chi connectivity index (χ1n) is 13.2. The third-order valence-corrected chi connectivity index (χ3v) is 9.49. The third kappa shape index (κ3) is 7.98. The molecule has 6 heteroatoms. The van der Waals surface area contributed by atoms with Crippen molar-refractivity contribution in [2.75, 3.05) is 13.7 Å². The molecule has 3 aromatic rings. The Morgan fingerprint density at radius 2 is 1.37 bits per heavy atom. The fourth-order valence-electron chi connectivity index (χ4n) is 4.16. The molecular formula is C32H37NO4Si. The number of unbranched alkanes of at least 4 members (excludes halogenated alkanes) is 1. The summed E-state index contributed by atoms with van der Waals surface area (Å²) in [6.45, 7) is 7.12. The van der Waals surface area contributed by atoms with Crippen molar-refractivity contribution in [2.45, 2.75) is 51.7 Å². The van der Waals surface area contributed by atoms with Gasteiger partial charge in [-0.25, -0.2) is 0 Å². The van der Waals surface area contributed by atoms with Gasteiger partial charge in [-0.15, -0.1) is 0 Å². The first-order chi connectivity index (χ1) is 18.3. The van der Waals surface area contributed by atoms with Gasteiger partial charge in [-0.2, -0.15) is 5.26 Å². The summed E-state index contributed by atoms with van der Waals surface area (Å²) < 4.78 is 11.5. The lowest BCUT2D eigenvalue weighted by atomic mass is 9.92. The van der Waals surface area contributed by atoms with E-state index in [2.05, 4.69) is 19.2 Å².